The zero-order valence-electron chi connectivity index (χ0n) is 12.9. The number of ether oxygens (including phenoxy) is 2. The second kappa shape index (κ2) is 9.64. The second-order valence-corrected chi connectivity index (χ2v) is 5.77. The smallest absolute Gasteiger partial charge is 0.260 e. The van der Waals surface area contributed by atoms with E-state index < -0.39 is 6.10 Å². The molecule has 0 radical (unpaired) electrons. The molecule has 0 aliphatic carbocycles. The van der Waals surface area contributed by atoms with Crippen molar-refractivity contribution >= 4 is 17.5 Å². The number of nitrogens with one attached hydrogen (secondary N) is 1. The summed E-state index contributed by atoms with van der Waals surface area (Å²) < 4.78 is 11.0. The molecule has 1 amide bonds. The van der Waals surface area contributed by atoms with Crippen LogP contribution in [0.15, 0.2) is 24.3 Å². The lowest BCUT2D eigenvalue weighted by molar-refractivity contribution is -0.127. The van der Waals surface area contributed by atoms with Crippen LogP contribution in [0.3, 0.4) is 0 Å². The maximum absolute atomic E-state index is 11.9. The number of carbonyl (C=O) groups is 1. The molecule has 0 saturated heterocycles. The van der Waals surface area contributed by atoms with Gasteiger partial charge in [0.1, 0.15) is 5.75 Å². The molecular weight excluding hydrogens is 290 g/mol. The summed E-state index contributed by atoms with van der Waals surface area (Å²) in [5.74, 6) is 0.981. The van der Waals surface area contributed by atoms with Gasteiger partial charge < -0.3 is 14.8 Å². The van der Waals surface area contributed by atoms with Crippen LogP contribution in [0.4, 0.5) is 0 Å². The van der Waals surface area contributed by atoms with Gasteiger partial charge in [0.2, 0.25) is 0 Å². The first-order valence-electron chi connectivity index (χ1n) is 7.26. The van der Waals surface area contributed by atoms with E-state index in [0.29, 0.717) is 29.8 Å². The van der Waals surface area contributed by atoms with Gasteiger partial charge in [0.15, 0.2) is 6.10 Å². The van der Waals surface area contributed by atoms with E-state index >= 15 is 0 Å². The Bertz CT molecular complexity index is 437. The van der Waals surface area contributed by atoms with E-state index in [-0.39, 0.29) is 5.91 Å². The van der Waals surface area contributed by atoms with E-state index in [0.717, 1.165) is 13.0 Å². The summed E-state index contributed by atoms with van der Waals surface area (Å²) >= 11 is 5.87. The minimum atomic E-state index is -0.556. The van der Waals surface area contributed by atoms with Gasteiger partial charge in [-0.05, 0) is 37.5 Å². The molecule has 0 aliphatic rings. The van der Waals surface area contributed by atoms with Crippen LogP contribution < -0.4 is 10.1 Å². The number of amides is 1. The molecule has 0 aromatic heterocycles. The number of rotatable bonds is 9. The fourth-order valence-electron chi connectivity index (χ4n) is 1.65. The molecule has 0 saturated carbocycles. The molecule has 118 valence electrons. The molecule has 1 atom stereocenters. The molecule has 1 aromatic rings. The fraction of sp³-hybridized carbons (Fsp3) is 0.562. The minimum Gasteiger partial charge on any atom is -0.481 e. The monoisotopic (exact) mass is 313 g/mol. The Hall–Kier alpha value is -1.26. The predicted molar refractivity (Wildman–Crippen MR) is 84.8 cm³/mol. The van der Waals surface area contributed by atoms with E-state index in [2.05, 4.69) is 19.2 Å². The van der Waals surface area contributed by atoms with Crippen LogP contribution in [0.1, 0.15) is 27.2 Å². The third-order valence-electron chi connectivity index (χ3n) is 2.69. The summed E-state index contributed by atoms with van der Waals surface area (Å²) in [5.41, 5.74) is 0. The Morgan fingerprint density at radius 2 is 2.10 bits per heavy atom. The van der Waals surface area contributed by atoms with Crippen LogP contribution in [0, 0.1) is 5.92 Å². The van der Waals surface area contributed by atoms with Gasteiger partial charge >= 0.3 is 0 Å². The maximum atomic E-state index is 11.9. The molecule has 21 heavy (non-hydrogen) atoms. The Labute approximate surface area is 131 Å². The molecule has 5 heteroatoms. The average molecular weight is 314 g/mol. The molecule has 1 aromatic carbocycles. The Kier molecular flexibility index (Phi) is 8.16. The van der Waals surface area contributed by atoms with Gasteiger partial charge in [-0.25, -0.2) is 0 Å². The first-order valence-corrected chi connectivity index (χ1v) is 7.64. The number of benzene rings is 1. The molecule has 0 spiro atoms. The lowest BCUT2D eigenvalue weighted by Gasteiger charge is -2.15. The number of carbonyl (C=O) groups excluding carboxylic acids is 1. The topological polar surface area (TPSA) is 47.6 Å². The Morgan fingerprint density at radius 3 is 2.76 bits per heavy atom. The fourth-order valence-corrected chi connectivity index (χ4v) is 1.83. The van der Waals surface area contributed by atoms with Crippen molar-refractivity contribution < 1.29 is 14.3 Å². The molecule has 1 rings (SSSR count). The van der Waals surface area contributed by atoms with Crippen molar-refractivity contribution in [2.45, 2.75) is 33.3 Å². The second-order valence-electron chi connectivity index (χ2n) is 5.33. The van der Waals surface area contributed by atoms with Crippen molar-refractivity contribution in [3.8, 4) is 5.75 Å². The predicted octanol–water partition coefficient (Wildman–Crippen LogP) is 3.29. The summed E-state index contributed by atoms with van der Waals surface area (Å²) in [4.78, 5) is 11.9. The SMILES string of the molecule is CC(C)COCCCNC(=O)C(C)Oc1cccc(Cl)c1. The highest BCUT2D eigenvalue weighted by molar-refractivity contribution is 6.30. The third-order valence-corrected chi connectivity index (χ3v) is 2.93. The van der Waals surface area contributed by atoms with Gasteiger partial charge in [-0.2, -0.15) is 0 Å². The normalized spacial score (nSPS) is 12.2. The minimum absolute atomic E-state index is 0.140. The molecule has 0 heterocycles. The summed E-state index contributed by atoms with van der Waals surface area (Å²) in [6, 6.07) is 7.01. The van der Waals surface area contributed by atoms with Crippen LogP contribution in [0.25, 0.3) is 0 Å². The highest BCUT2D eigenvalue weighted by atomic mass is 35.5. The van der Waals surface area contributed by atoms with E-state index in [9.17, 15) is 4.79 Å². The van der Waals surface area contributed by atoms with Crippen molar-refractivity contribution in [2.24, 2.45) is 5.92 Å². The molecule has 0 fully saturated rings. The van der Waals surface area contributed by atoms with E-state index in [1.165, 1.54) is 0 Å². The van der Waals surface area contributed by atoms with Gasteiger partial charge in [0, 0.05) is 24.8 Å². The largest absolute Gasteiger partial charge is 0.481 e. The first-order chi connectivity index (χ1) is 9.99. The number of hydrogen-bond donors (Lipinski definition) is 1. The van der Waals surface area contributed by atoms with Crippen LogP contribution in [0.5, 0.6) is 5.75 Å². The Morgan fingerprint density at radius 1 is 1.33 bits per heavy atom. The van der Waals surface area contributed by atoms with Crippen molar-refractivity contribution in [1.82, 2.24) is 5.32 Å². The van der Waals surface area contributed by atoms with Gasteiger partial charge in [-0.3, -0.25) is 4.79 Å². The lowest BCUT2D eigenvalue weighted by atomic mass is 10.2. The molecule has 0 bridgehead atoms. The van der Waals surface area contributed by atoms with Gasteiger partial charge in [0.25, 0.3) is 5.91 Å². The summed E-state index contributed by atoms with van der Waals surface area (Å²) in [7, 11) is 0. The summed E-state index contributed by atoms with van der Waals surface area (Å²) in [5, 5.41) is 3.41. The van der Waals surface area contributed by atoms with E-state index in [1.54, 1.807) is 31.2 Å². The van der Waals surface area contributed by atoms with Crippen molar-refractivity contribution in [2.75, 3.05) is 19.8 Å². The highest BCUT2D eigenvalue weighted by Crippen LogP contribution is 2.18. The summed E-state index contributed by atoms with van der Waals surface area (Å²) in [6.45, 7) is 7.92. The van der Waals surface area contributed by atoms with Crippen LogP contribution >= 0.6 is 11.6 Å². The van der Waals surface area contributed by atoms with Crippen LogP contribution in [-0.4, -0.2) is 31.8 Å². The standard InChI is InChI=1S/C16H24ClNO3/c1-12(2)11-20-9-5-8-18-16(19)13(3)21-15-7-4-6-14(17)10-15/h4,6-7,10,12-13H,5,8-9,11H2,1-3H3,(H,18,19). The van der Waals surface area contributed by atoms with Crippen molar-refractivity contribution in [3.63, 3.8) is 0 Å². The Balaban J connectivity index is 2.19. The zero-order valence-corrected chi connectivity index (χ0v) is 13.7. The molecule has 1 N–H and O–H groups in total. The number of halogens is 1. The molecule has 0 aliphatic heterocycles. The molecular formula is C16H24ClNO3. The zero-order chi connectivity index (χ0) is 15.7. The number of hydrogen-bond acceptors (Lipinski definition) is 3. The van der Waals surface area contributed by atoms with Gasteiger partial charge in [-0.15, -0.1) is 0 Å². The lowest BCUT2D eigenvalue weighted by Crippen LogP contribution is -2.37. The molecule has 1 unspecified atom stereocenters. The van der Waals surface area contributed by atoms with Crippen LogP contribution in [0.2, 0.25) is 5.02 Å². The van der Waals surface area contributed by atoms with Gasteiger partial charge in [0.05, 0.1) is 0 Å². The van der Waals surface area contributed by atoms with E-state index in [4.69, 9.17) is 21.1 Å². The molecule has 4 nitrogen and oxygen atoms in total. The first kappa shape index (κ1) is 17.8. The third kappa shape index (κ3) is 7.93. The average Bonchev–Trinajstić information content (AvgIpc) is 2.42. The van der Waals surface area contributed by atoms with Crippen molar-refractivity contribution in [3.05, 3.63) is 29.3 Å². The quantitative estimate of drug-likeness (QED) is 0.712. The van der Waals surface area contributed by atoms with Crippen molar-refractivity contribution in [1.29, 1.82) is 0 Å². The van der Waals surface area contributed by atoms with Gasteiger partial charge in [-0.1, -0.05) is 31.5 Å². The highest BCUT2D eigenvalue weighted by Gasteiger charge is 2.13. The van der Waals surface area contributed by atoms with Crippen LogP contribution in [-0.2, 0) is 9.53 Å². The maximum Gasteiger partial charge on any atom is 0.260 e. The van der Waals surface area contributed by atoms with E-state index in [1.807, 2.05) is 0 Å². The summed E-state index contributed by atoms with van der Waals surface area (Å²) in [6.07, 6.45) is 0.238.